The van der Waals surface area contributed by atoms with Crippen molar-refractivity contribution in [3.63, 3.8) is 0 Å². The number of methoxy groups -OCH3 is 1. The number of rotatable bonds is 10. The molecule has 1 unspecified atom stereocenters. The fourth-order valence-corrected chi connectivity index (χ4v) is 3.22. The highest BCUT2D eigenvalue weighted by Crippen LogP contribution is 2.34. The smallest absolute Gasteiger partial charge is 0.122 e. The predicted octanol–water partition coefficient (Wildman–Crippen LogP) is 4.96. The van der Waals surface area contributed by atoms with Crippen molar-refractivity contribution in [3.05, 3.63) is 59.7 Å². The van der Waals surface area contributed by atoms with E-state index in [1.165, 1.54) is 11.1 Å². The van der Waals surface area contributed by atoms with Gasteiger partial charge >= 0.3 is 0 Å². The van der Waals surface area contributed by atoms with E-state index in [0.717, 1.165) is 44.2 Å². The lowest BCUT2D eigenvalue weighted by atomic mass is 9.88. The first kappa shape index (κ1) is 19.3. The minimum absolute atomic E-state index is 0.334. The van der Waals surface area contributed by atoms with Crippen LogP contribution in [-0.4, -0.2) is 38.3 Å². The van der Waals surface area contributed by atoms with Gasteiger partial charge in [0.1, 0.15) is 18.1 Å². The average Bonchev–Trinajstić information content (AvgIpc) is 2.67. The summed E-state index contributed by atoms with van der Waals surface area (Å²) >= 11 is 0. The van der Waals surface area contributed by atoms with Gasteiger partial charge in [-0.1, -0.05) is 51.1 Å². The molecule has 0 amide bonds. The lowest BCUT2D eigenvalue weighted by Gasteiger charge is -2.20. The molecule has 3 heteroatoms. The average molecular weight is 341 g/mol. The summed E-state index contributed by atoms with van der Waals surface area (Å²) in [7, 11) is 1.73. The largest absolute Gasteiger partial charge is 0.496 e. The highest BCUT2D eigenvalue weighted by atomic mass is 16.5. The second-order valence-electron chi connectivity index (χ2n) is 6.15. The summed E-state index contributed by atoms with van der Waals surface area (Å²) in [6.45, 7) is 10.4. The molecule has 2 aromatic carbocycles. The Morgan fingerprint density at radius 3 is 2.20 bits per heavy atom. The molecule has 0 heterocycles. The van der Waals surface area contributed by atoms with Crippen LogP contribution in [0.3, 0.4) is 0 Å². The zero-order valence-electron chi connectivity index (χ0n) is 16.0. The SMILES string of the molecule is CCC(c1ccc(OCCN(CC)CC)cc1)c1ccccc1OC. The van der Waals surface area contributed by atoms with Crippen LogP contribution in [0.2, 0.25) is 0 Å². The Bertz CT molecular complexity index is 620. The van der Waals surface area contributed by atoms with Gasteiger partial charge in [0.05, 0.1) is 7.11 Å². The van der Waals surface area contributed by atoms with Crippen LogP contribution in [0.4, 0.5) is 0 Å². The number of hydrogen-bond acceptors (Lipinski definition) is 3. The van der Waals surface area contributed by atoms with Crippen LogP contribution in [0.1, 0.15) is 44.2 Å². The van der Waals surface area contributed by atoms with Gasteiger partial charge in [-0.15, -0.1) is 0 Å². The maximum atomic E-state index is 5.89. The molecule has 0 aliphatic heterocycles. The third-order valence-corrected chi connectivity index (χ3v) is 4.78. The summed E-state index contributed by atoms with van der Waals surface area (Å²) < 4.78 is 11.4. The first-order valence-electron chi connectivity index (χ1n) is 9.31. The van der Waals surface area contributed by atoms with Crippen molar-refractivity contribution in [2.24, 2.45) is 0 Å². The predicted molar refractivity (Wildman–Crippen MR) is 105 cm³/mol. The van der Waals surface area contributed by atoms with Crippen LogP contribution in [0.15, 0.2) is 48.5 Å². The molecule has 0 N–H and O–H groups in total. The molecular weight excluding hydrogens is 310 g/mol. The molecule has 0 spiro atoms. The number of nitrogens with zero attached hydrogens (tertiary/aromatic N) is 1. The van der Waals surface area contributed by atoms with Gasteiger partial charge in [-0.25, -0.2) is 0 Å². The molecule has 1 atom stereocenters. The minimum atomic E-state index is 0.334. The van der Waals surface area contributed by atoms with Gasteiger partial charge < -0.3 is 14.4 Å². The molecule has 136 valence electrons. The molecule has 25 heavy (non-hydrogen) atoms. The Morgan fingerprint density at radius 2 is 1.60 bits per heavy atom. The Kier molecular flexibility index (Phi) is 7.80. The van der Waals surface area contributed by atoms with E-state index in [9.17, 15) is 0 Å². The topological polar surface area (TPSA) is 21.7 Å². The van der Waals surface area contributed by atoms with Crippen LogP contribution < -0.4 is 9.47 Å². The van der Waals surface area contributed by atoms with E-state index in [1.807, 2.05) is 12.1 Å². The summed E-state index contributed by atoms with van der Waals surface area (Å²) in [6.07, 6.45) is 1.03. The fourth-order valence-electron chi connectivity index (χ4n) is 3.22. The van der Waals surface area contributed by atoms with Gasteiger partial charge in [-0.05, 0) is 43.3 Å². The quantitative estimate of drug-likeness (QED) is 0.610. The van der Waals surface area contributed by atoms with E-state index >= 15 is 0 Å². The van der Waals surface area contributed by atoms with Crippen molar-refractivity contribution < 1.29 is 9.47 Å². The van der Waals surface area contributed by atoms with Crippen molar-refractivity contribution in [3.8, 4) is 11.5 Å². The summed E-state index contributed by atoms with van der Waals surface area (Å²) in [4.78, 5) is 2.36. The Labute approximate surface area is 152 Å². The summed E-state index contributed by atoms with van der Waals surface area (Å²) in [6, 6.07) is 16.8. The molecule has 2 rings (SSSR count). The van der Waals surface area contributed by atoms with Crippen molar-refractivity contribution in [2.45, 2.75) is 33.1 Å². The lowest BCUT2D eigenvalue weighted by Crippen LogP contribution is -2.27. The van der Waals surface area contributed by atoms with Gasteiger partial charge in [0, 0.05) is 18.0 Å². The summed E-state index contributed by atoms with van der Waals surface area (Å²) in [5.41, 5.74) is 2.53. The summed E-state index contributed by atoms with van der Waals surface area (Å²) in [5, 5.41) is 0. The van der Waals surface area contributed by atoms with Crippen molar-refractivity contribution in [1.82, 2.24) is 4.90 Å². The molecule has 0 fully saturated rings. The number of benzene rings is 2. The van der Waals surface area contributed by atoms with Gasteiger partial charge in [-0.3, -0.25) is 0 Å². The van der Waals surface area contributed by atoms with E-state index in [4.69, 9.17) is 9.47 Å². The van der Waals surface area contributed by atoms with E-state index in [-0.39, 0.29) is 0 Å². The van der Waals surface area contributed by atoms with E-state index in [0.29, 0.717) is 5.92 Å². The molecule has 0 radical (unpaired) electrons. The van der Waals surface area contributed by atoms with Crippen LogP contribution in [-0.2, 0) is 0 Å². The van der Waals surface area contributed by atoms with Crippen LogP contribution >= 0.6 is 0 Å². The Balaban J connectivity index is 2.04. The van der Waals surface area contributed by atoms with Gasteiger partial charge in [0.15, 0.2) is 0 Å². The standard InChI is InChI=1S/C22H31NO2/c1-5-20(21-10-8-9-11-22(21)24-4)18-12-14-19(15-13-18)25-17-16-23(6-2)7-3/h8-15,20H,5-7,16-17H2,1-4H3. The van der Waals surface area contributed by atoms with E-state index < -0.39 is 0 Å². The number of likely N-dealkylation sites (N-methyl/N-ethyl adjacent to an activating group) is 1. The molecule has 0 saturated carbocycles. The monoisotopic (exact) mass is 341 g/mol. The maximum Gasteiger partial charge on any atom is 0.122 e. The number of ether oxygens (including phenoxy) is 2. The highest BCUT2D eigenvalue weighted by Gasteiger charge is 2.16. The normalized spacial score (nSPS) is 12.2. The third-order valence-electron chi connectivity index (χ3n) is 4.78. The van der Waals surface area contributed by atoms with Crippen LogP contribution in [0.5, 0.6) is 11.5 Å². The van der Waals surface area contributed by atoms with Crippen LogP contribution in [0, 0.1) is 0 Å². The number of hydrogen-bond donors (Lipinski definition) is 0. The van der Waals surface area contributed by atoms with E-state index in [2.05, 4.69) is 62.1 Å². The second-order valence-corrected chi connectivity index (χ2v) is 6.15. The molecule has 0 aliphatic carbocycles. The maximum absolute atomic E-state index is 5.89. The van der Waals surface area contributed by atoms with Crippen molar-refractivity contribution >= 4 is 0 Å². The molecule has 0 saturated heterocycles. The summed E-state index contributed by atoms with van der Waals surface area (Å²) in [5.74, 6) is 2.22. The first-order chi connectivity index (χ1) is 12.2. The molecular formula is C22H31NO2. The molecule has 0 aromatic heterocycles. The van der Waals surface area contributed by atoms with E-state index in [1.54, 1.807) is 7.11 Å². The zero-order valence-corrected chi connectivity index (χ0v) is 16.0. The first-order valence-corrected chi connectivity index (χ1v) is 9.31. The van der Waals surface area contributed by atoms with Gasteiger partial charge in [0.25, 0.3) is 0 Å². The second kappa shape index (κ2) is 10.1. The molecule has 3 nitrogen and oxygen atoms in total. The number of para-hydroxylation sites is 1. The van der Waals surface area contributed by atoms with Crippen molar-refractivity contribution in [1.29, 1.82) is 0 Å². The Hall–Kier alpha value is -2.00. The Morgan fingerprint density at radius 1 is 0.920 bits per heavy atom. The third kappa shape index (κ3) is 5.23. The molecule has 0 bridgehead atoms. The van der Waals surface area contributed by atoms with Crippen molar-refractivity contribution in [2.75, 3.05) is 33.4 Å². The van der Waals surface area contributed by atoms with Gasteiger partial charge in [0.2, 0.25) is 0 Å². The minimum Gasteiger partial charge on any atom is -0.496 e. The highest BCUT2D eigenvalue weighted by molar-refractivity contribution is 5.43. The fraction of sp³-hybridized carbons (Fsp3) is 0.455. The van der Waals surface area contributed by atoms with Gasteiger partial charge in [-0.2, -0.15) is 0 Å². The molecule has 2 aromatic rings. The van der Waals surface area contributed by atoms with Crippen LogP contribution in [0.25, 0.3) is 0 Å². The molecule has 0 aliphatic rings. The lowest BCUT2D eigenvalue weighted by molar-refractivity contribution is 0.223. The zero-order chi connectivity index (χ0) is 18.1.